The highest BCUT2D eigenvalue weighted by atomic mass is 16.5. The molecule has 3 nitrogen and oxygen atoms in total. The van der Waals surface area contributed by atoms with Gasteiger partial charge in [-0.15, -0.1) is 0 Å². The summed E-state index contributed by atoms with van der Waals surface area (Å²) >= 11 is 0. The summed E-state index contributed by atoms with van der Waals surface area (Å²) < 4.78 is 6.81. The standard InChI is InChI=1S/C51H32N2O/c1-2-14-34(15-3-1)50-52-46(32-47(53-50)39-26-25-33-13-4-5-16-35(33)29-39)38-18-12-17-36(30-38)37-27-28-45-49(31-37)54-48-24-11-10-23-44(48)51(45)42-21-8-6-19-40(42)41-20-7-9-22-43(41)51/h1-32H. The van der Waals surface area contributed by atoms with E-state index in [0.29, 0.717) is 5.82 Å². The molecule has 0 fully saturated rings. The van der Waals surface area contributed by atoms with Gasteiger partial charge < -0.3 is 4.74 Å². The summed E-state index contributed by atoms with van der Waals surface area (Å²) in [4.78, 5) is 10.2. The Bertz CT molecular complexity index is 2880. The maximum Gasteiger partial charge on any atom is 0.160 e. The number of hydrogen-bond acceptors (Lipinski definition) is 3. The number of hydrogen-bond donors (Lipinski definition) is 0. The third-order valence-corrected chi connectivity index (χ3v) is 11.1. The Balaban J connectivity index is 1.05. The van der Waals surface area contributed by atoms with E-state index in [1.807, 2.05) is 18.2 Å². The summed E-state index contributed by atoms with van der Waals surface area (Å²) in [5.74, 6) is 2.46. The monoisotopic (exact) mass is 688 g/mol. The highest BCUT2D eigenvalue weighted by Gasteiger charge is 2.50. The van der Waals surface area contributed by atoms with E-state index in [9.17, 15) is 0 Å². The summed E-state index contributed by atoms with van der Waals surface area (Å²) in [5.41, 5.74) is 14.0. The molecule has 54 heavy (non-hydrogen) atoms. The number of benzene rings is 8. The van der Waals surface area contributed by atoms with E-state index in [2.05, 4.69) is 176 Å². The number of ether oxygens (including phenoxy) is 1. The van der Waals surface area contributed by atoms with Crippen molar-refractivity contribution in [2.24, 2.45) is 0 Å². The Labute approximate surface area is 313 Å². The Morgan fingerprint density at radius 2 is 0.889 bits per heavy atom. The first-order valence-corrected chi connectivity index (χ1v) is 18.4. The fourth-order valence-electron chi connectivity index (χ4n) is 8.71. The molecule has 2 aliphatic rings. The number of rotatable bonds is 4. The lowest BCUT2D eigenvalue weighted by atomic mass is 9.66. The van der Waals surface area contributed by atoms with Crippen LogP contribution < -0.4 is 4.74 Å². The summed E-state index contributed by atoms with van der Waals surface area (Å²) in [7, 11) is 0. The van der Waals surface area contributed by atoms with Gasteiger partial charge in [0.05, 0.1) is 16.8 Å². The molecule has 0 radical (unpaired) electrons. The lowest BCUT2D eigenvalue weighted by Gasteiger charge is -2.39. The van der Waals surface area contributed by atoms with Crippen LogP contribution in [0.25, 0.3) is 66.9 Å². The minimum Gasteiger partial charge on any atom is -0.457 e. The number of nitrogens with zero attached hydrogens (tertiary/aromatic N) is 2. The third-order valence-electron chi connectivity index (χ3n) is 11.1. The van der Waals surface area contributed by atoms with Crippen LogP contribution in [0.3, 0.4) is 0 Å². The molecule has 0 amide bonds. The van der Waals surface area contributed by atoms with Gasteiger partial charge in [-0.05, 0) is 74.5 Å². The molecule has 1 spiro atoms. The highest BCUT2D eigenvalue weighted by Crippen LogP contribution is 2.62. The Hall–Kier alpha value is -7.10. The molecule has 0 N–H and O–H groups in total. The van der Waals surface area contributed by atoms with Crippen molar-refractivity contribution in [2.45, 2.75) is 5.41 Å². The van der Waals surface area contributed by atoms with E-state index in [-0.39, 0.29) is 0 Å². The average molecular weight is 689 g/mol. The van der Waals surface area contributed by atoms with Crippen molar-refractivity contribution >= 4 is 10.8 Å². The molecule has 0 atom stereocenters. The first kappa shape index (κ1) is 30.5. The van der Waals surface area contributed by atoms with Gasteiger partial charge in [0.1, 0.15) is 11.5 Å². The predicted octanol–water partition coefficient (Wildman–Crippen LogP) is 12.8. The van der Waals surface area contributed by atoms with Crippen LogP contribution in [0, 0.1) is 0 Å². The van der Waals surface area contributed by atoms with Gasteiger partial charge in [0, 0.05) is 27.8 Å². The number of fused-ring (bicyclic) bond motifs is 10. The van der Waals surface area contributed by atoms with Crippen molar-refractivity contribution < 1.29 is 4.74 Å². The van der Waals surface area contributed by atoms with Gasteiger partial charge in [-0.1, -0.05) is 164 Å². The topological polar surface area (TPSA) is 35.0 Å². The van der Waals surface area contributed by atoms with Crippen molar-refractivity contribution in [3.05, 3.63) is 216 Å². The maximum atomic E-state index is 6.81. The first-order chi connectivity index (χ1) is 26.7. The van der Waals surface area contributed by atoms with Crippen molar-refractivity contribution in [2.75, 3.05) is 0 Å². The van der Waals surface area contributed by atoms with Crippen LogP contribution >= 0.6 is 0 Å². The molecule has 0 unspecified atom stereocenters. The van der Waals surface area contributed by atoms with Gasteiger partial charge in [0.2, 0.25) is 0 Å². The minimum atomic E-state index is -0.480. The summed E-state index contributed by atoms with van der Waals surface area (Å²) in [5, 5.41) is 2.39. The molecule has 0 saturated heterocycles. The first-order valence-electron chi connectivity index (χ1n) is 18.4. The van der Waals surface area contributed by atoms with E-state index in [4.69, 9.17) is 14.7 Å². The molecule has 1 aliphatic carbocycles. The third kappa shape index (κ3) is 4.62. The normalized spacial score (nSPS) is 13.1. The zero-order valence-corrected chi connectivity index (χ0v) is 29.3. The molecular formula is C51H32N2O. The maximum absolute atomic E-state index is 6.81. The van der Waals surface area contributed by atoms with E-state index < -0.39 is 5.41 Å². The fraction of sp³-hybridized carbons (Fsp3) is 0.0196. The van der Waals surface area contributed by atoms with Crippen LogP contribution in [0.2, 0.25) is 0 Å². The summed E-state index contributed by atoms with van der Waals surface area (Å²) in [6, 6.07) is 68.9. The predicted molar refractivity (Wildman–Crippen MR) is 219 cm³/mol. The average Bonchev–Trinajstić information content (AvgIpc) is 3.54. The molecule has 8 aromatic carbocycles. The zero-order valence-electron chi connectivity index (χ0n) is 29.3. The van der Waals surface area contributed by atoms with Crippen molar-refractivity contribution in [1.82, 2.24) is 9.97 Å². The number of para-hydroxylation sites is 1. The van der Waals surface area contributed by atoms with Gasteiger partial charge >= 0.3 is 0 Å². The van der Waals surface area contributed by atoms with Crippen molar-refractivity contribution in [1.29, 1.82) is 0 Å². The Morgan fingerprint density at radius 1 is 0.333 bits per heavy atom. The number of aromatic nitrogens is 2. The van der Waals surface area contributed by atoms with Crippen LogP contribution in [0.5, 0.6) is 11.5 Å². The highest BCUT2D eigenvalue weighted by molar-refractivity contribution is 5.90. The van der Waals surface area contributed by atoms with E-state index in [1.165, 1.54) is 38.6 Å². The van der Waals surface area contributed by atoms with Crippen LogP contribution in [0.15, 0.2) is 194 Å². The van der Waals surface area contributed by atoms with Crippen LogP contribution in [0.4, 0.5) is 0 Å². The molecular weight excluding hydrogens is 657 g/mol. The molecule has 9 aromatic rings. The second kappa shape index (κ2) is 12.0. The van der Waals surface area contributed by atoms with E-state index >= 15 is 0 Å². The molecule has 1 aliphatic heterocycles. The zero-order chi connectivity index (χ0) is 35.6. The molecule has 11 rings (SSSR count). The van der Waals surface area contributed by atoms with Crippen molar-refractivity contribution in [3.8, 4) is 67.7 Å². The van der Waals surface area contributed by atoms with Gasteiger partial charge in [-0.25, -0.2) is 9.97 Å². The molecule has 0 saturated carbocycles. The quantitative estimate of drug-likeness (QED) is 0.185. The summed E-state index contributed by atoms with van der Waals surface area (Å²) in [6.07, 6.45) is 0. The second-order valence-corrected chi connectivity index (χ2v) is 14.1. The lowest BCUT2D eigenvalue weighted by molar-refractivity contribution is 0.436. The smallest absolute Gasteiger partial charge is 0.160 e. The molecule has 3 heteroatoms. The van der Waals surface area contributed by atoms with Gasteiger partial charge in [0.15, 0.2) is 5.82 Å². The molecule has 252 valence electrons. The molecule has 1 aromatic heterocycles. The van der Waals surface area contributed by atoms with Gasteiger partial charge in [0.25, 0.3) is 0 Å². The van der Waals surface area contributed by atoms with Crippen LogP contribution in [-0.2, 0) is 5.41 Å². The summed E-state index contributed by atoms with van der Waals surface area (Å²) in [6.45, 7) is 0. The minimum absolute atomic E-state index is 0.480. The molecule has 0 bridgehead atoms. The van der Waals surface area contributed by atoms with Crippen molar-refractivity contribution in [3.63, 3.8) is 0 Å². The lowest BCUT2D eigenvalue weighted by Crippen LogP contribution is -2.32. The SMILES string of the molecule is c1ccc(-c2nc(-c3cccc(-c4ccc5c(c4)Oc4ccccc4C54c5ccccc5-c5ccccc54)c3)cc(-c3ccc4ccccc4c3)n2)cc1. The van der Waals surface area contributed by atoms with Gasteiger partial charge in [-0.2, -0.15) is 0 Å². The van der Waals surface area contributed by atoms with Gasteiger partial charge in [-0.3, -0.25) is 0 Å². The molecule has 2 heterocycles. The van der Waals surface area contributed by atoms with Crippen LogP contribution in [-0.4, -0.2) is 9.97 Å². The van der Waals surface area contributed by atoms with Crippen LogP contribution in [0.1, 0.15) is 22.3 Å². The van der Waals surface area contributed by atoms with E-state index in [0.717, 1.165) is 56.3 Å². The Morgan fingerprint density at radius 3 is 1.67 bits per heavy atom. The second-order valence-electron chi connectivity index (χ2n) is 14.1. The van der Waals surface area contributed by atoms with E-state index in [1.54, 1.807) is 0 Å². The Kier molecular flexibility index (Phi) is 6.77. The fourth-order valence-corrected chi connectivity index (χ4v) is 8.71. The largest absolute Gasteiger partial charge is 0.457 e.